The van der Waals surface area contributed by atoms with Crippen molar-refractivity contribution >= 4 is 46.4 Å². The van der Waals surface area contributed by atoms with Crippen molar-refractivity contribution in [3.63, 3.8) is 0 Å². The summed E-state index contributed by atoms with van der Waals surface area (Å²) in [5, 5.41) is 5.71. The van der Waals surface area contributed by atoms with Crippen LogP contribution in [-0.2, 0) is 0 Å². The highest BCUT2D eigenvalue weighted by molar-refractivity contribution is 6.68. The lowest BCUT2D eigenvalue weighted by Crippen LogP contribution is -2.49. The second kappa shape index (κ2) is 7.23. The Morgan fingerprint density at radius 2 is 1.73 bits per heavy atom. The highest BCUT2D eigenvalue weighted by atomic mass is 35.6. The number of para-hydroxylation sites is 1. The van der Waals surface area contributed by atoms with Gasteiger partial charge in [-0.15, -0.1) is 0 Å². The van der Waals surface area contributed by atoms with Crippen molar-refractivity contribution in [1.82, 2.24) is 5.32 Å². The first kappa shape index (κ1) is 16.9. The molecule has 2 N–H and O–H groups in total. The minimum absolute atomic E-state index is 0.316. The minimum Gasteiger partial charge on any atom is -0.362 e. The maximum Gasteiger partial charge on any atom is 0.252 e. The molecule has 0 fully saturated rings. The summed E-state index contributed by atoms with van der Waals surface area (Å²) in [5.41, 5.74) is 2.23. The molecule has 0 aliphatic rings. The molecular weight excluding hydrogens is 343 g/mol. The van der Waals surface area contributed by atoms with E-state index in [1.54, 1.807) is 18.2 Å². The molecule has 0 saturated heterocycles. The summed E-state index contributed by atoms with van der Waals surface area (Å²) in [4.78, 5) is 12.3. The molecule has 1 atom stereocenters. The fraction of sp³-hybridized carbons (Fsp3) is 0.188. The molecule has 2 aromatic carbocycles. The fourth-order valence-corrected chi connectivity index (χ4v) is 2.23. The second-order valence-electron chi connectivity index (χ2n) is 4.83. The second-order valence-corrected chi connectivity index (χ2v) is 7.20. The van der Waals surface area contributed by atoms with Crippen LogP contribution in [0.1, 0.15) is 15.9 Å². The molecule has 22 heavy (non-hydrogen) atoms. The monoisotopic (exact) mass is 356 g/mol. The van der Waals surface area contributed by atoms with Gasteiger partial charge in [-0.25, -0.2) is 0 Å². The molecule has 3 nitrogen and oxygen atoms in total. The molecule has 1 amide bonds. The number of hydrogen-bond donors (Lipinski definition) is 2. The number of hydrogen-bond acceptors (Lipinski definition) is 2. The Morgan fingerprint density at radius 1 is 1.05 bits per heavy atom. The molecule has 0 bridgehead atoms. The summed E-state index contributed by atoms with van der Waals surface area (Å²) >= 11 is 17.9. The summed E-state index contributed by atoms with van der Waals surface area (Å²) < 4.78 is -1.70. The standard InChI is InChI=1S/C16H15Cl3N2O/c1-11-6-5-7-12(10-11)14(22)21-15(16(17,18)19)20-13-8-3-2-4-9-13/h2-10,15,20H,1H3,(H,21,22)/t15-/m1/s1. The van der Waals surface area contributed by atoms with Gasteiger partial charge in [0, 0.05) is 11.3 Å². The smallest absolute Gasteiger partial charge is 0.252 e. The van der Waals surface area contributed by atoms with Crippen LogP contribution in [-0.4, -0.2) is 15.9 Å². The Hall–Kier alpha value is -1.42. The van der Waals surface area contributed by atoms with Crippen molar-refractivity contribution in [2.45, 2.75) is 16.9 Å². The lowest BCUT2D eigenvalue weighted by molar-refractivity contribution is 0.0942. The lowest BCUT2D eigenvalue weighted by Gasteiger charge is -2.27. The van der Waals surface area contributed by atoms with Crippen molar-refractivity contribution in [1.29, 1.82) is 0 Å². The molecular formula is C16H15Cl3N2O. The molecule has 0 aliphatic heterocycles. The zero-order chi connectivity index (χ0) is 16.2. The number of halogens is 3. The first-order valence-corrected chi connectivity index (χ1v) is 7.75. The zero-order valence-electron chi connectivity index (χ0n) is 11.8. The van der Waals surface area contributed by atoms with E-state index in [9.17, 15) is 4.79 Å². The van der Waals surface area contributed by atoms with E-state index in [-0.39, 0.29) is 5.91 Å². The SMILES string of the molecule is Cc1cccc(C(=O)N[C@@H](Nc2ccccc2)C(Cl)(Cl)Cl)c1. The molecule has 0 heterocycles. The van der Waals surface area contributed by atoms with Crippen LogP contribution in [0.3, 0.4) is 0 Å². The topological polar surface area (TPSA) is 41.1 Å². The van der Waals surface area contributed by atoms with Crippen LogP contribution in [0.4, 0.5) is 5.69 Å². The molecule has 2 rings (SSSR count). The van der Waals surface area contributed by atoms with Gasteiger partial charge >= 0.3 is 0 Å². The van der Waals surface area contributed by atoms with Gasteiger partial charge in [0.25, 0.3) is 5.91 Å². The van der Waals surface area contributed by atoms with Crippen molar-refractivity contribution < 1.29 is 4.79 Å². The predicted octanol–water partition coefficient (Wildman–Crippen LogP) is 4.53. The van der Waals surface area contributed by atoms with Gasteiger partial charge in [-0.2, -0.15) is 0 Å². The van der Waals surface area contributed by atoms with Gasteiger partial charge in [0.1, 0.15) is 6.17 Å². The van der Waals surface area contributed by atoms with E-state index in [0.29, 0.717) is 5.56 Å². The van der Waals surface area contributed by atoms with E-state index >= 15 is 0 Å². The van der Waals surface area contributed by atoms with Crippen LogP contribution < -0.4 is 10.6 Å². The highest BCUT2D eigenvalue weighted by Crippen LogP contribution is 2.31. The largest absolute Gasteiger partial charge is 0.362 e. The maximum absolute atomic E-state index is 12.3. The van der Waals surface area contributed by atoms with Crippen molar-refractivity contribution in [2.24, 2.45) is 0 Å². The minimum atomic E-state index is -1.70. The van der Waals surface area contributed by atoms with E-state index in [0.717, 1.165) is 11.3 Å². The van der Waals surface area contributed by atoms with Gasteiger partial charge in [0.2, 0.25) is 3.79 Å². The van der Waals surface area contributed by atoms with Crippen LogP contribution in [0.2, 0.25) is 0 Å². The first-order chi connectivity index (χ1) is 10.4. The van der Waals surface area contributed by atoms with Crippen LogP contribution in [0.15, 0.2) is 54.6 Å². The number of aryl methyl sites for hydroxylation is 1. The average Bonchev–Trinajstić information content (AvgIpc) is 2.46. The normalized spacial score (nSPS) is 12.5. The zero-order valence-corrected chi connectivity index (χ0v) is 14.1. The number of amides is 1. The van der Waals surface area contributed by atoms with Crippen molar-refractivity contribution in [3.8, 4) is 0 Å². The summed E-state index contributed by atoms with van der Waals surface area (Å²) in [6.45, 7) is 1.91. The van der Waals surface area contributed by atoms with E-state index in [1.165, 1.54) is 0 Å². The Morgan fingerprint density at radius 3 is 2.32 bits per heavy atom. The lowest BCUT2D eigenvalue weighted by atomic mass is 10.1. The molecule has 0 aromatic heterocycles. The van der Waals surface area contributed by atoms with Crippen LogP contribution in [0.5, 0.6) is 0 Å². The average molecular weight is 358 g/mol. The molecule has 0 aliphatic carbocycles. The van der Waals surface area contributed by atoms with Crippen molar-refractivity contribution in [3.05, 3.63) is 65.7 Å². The van der Waals surface area contributed by atoms with Crippen LogP contribution in [0, 0.1) is 6.92 Å². The Kier molecular flexibility index (Phi) is 5.57. The van der Waals surface area contributed by atoms with Gasteiger partial charge in [-0.1, -0.05) is 70.7 Å². The third kappa shape index (κ3) is 4.80. The molecule has 2 aromatic rings. The number of anilines is 1. The van der Waals surface area contributed by atoms with Gasteiger partial charge in [0.15, 0.2) is 0 Å². The number of carbonyl (C=O) groups excluding carboxylic acids is 1. The third-order valence-electron chi connectivity index (χ3n) is 2.97. The van der Waals surface area contributed by atoms with E-state index < -0.39 is 9.96 Å². The number of carbonyl (C=O) groups is 1. The van der Waals surface area contributed by atoms with E-state index in [4.69, 9.17) is 34.8 Å². The van der Waals surface area contributed by atoms with Gasteiger partial charge in [-0.05, 0) is 31.2 Å². The van der Waals surface area contributed by atoms with E-state index in [1.807, 2.05) is 43.3 Å². The number of benzene rings is 2. The molecule has 0 saturated carbocycles. The van der Waals surface area contributed by atoms with Crippen LogP contribution >= 0.6 is 34.8 Å². The summed E-state index contributed by atoms with van der Waals surface area (Å²) in [6, 6.07) is 16.4. The number of rotatable bonds is 4. The molecule has 0 spiro atoms. The molecule has 0 unspecified atom stereocenters. The van der Waals surface area contributed by atoms with Gasteiger partial charge < -0.3 is 10.6 Å². The third-order valence-corrected chi connectivity index (χ3v) is 3.62. The van der Waals surface area contributed by atoms with E-state index in [2.05, 4.69) is 10.6 Å². The highest BCUT2D eigenvalue weighted by Gasteiger charge is 2.34. The summed E-state index contributed by atoms with van der Waals surface area (Å²) in [6.07, 6.45) is -0.868. The first-order valence-electron chi connectivity index (χ1n) is 6.62. The fourth-order valence-electron chi connectivity index (χ4n) is 1.90. The van der Waals surface area contributed by atoms with Gasteiger partial charge in [-0.3, -0.25) is 4.79 Å². The maximum atomic E-state index is 12.3. The quantitative estimate of drug-likeness (QED) is 0.623. The number of alkyl halides is 3. The number of nitrogens with one attached hydrogen (secondary N) is 2. The summed E-state index contributed by atoms with van der Waals surface area (Å²) in [7, 11) is 0. The van der Waals surface area contributed by atoms with Crippen LogP contribution in [0.25, 0.3) is 0 Å². The summed E-state index contributed by atoms with van der Waals surface area (Å²) in [5.74, 6) is -0.316. The molecule has 116 valence electrons. The van der Waals surface area contributed by atoms with Gasteiger partial charge in [0.05, 0.1) is 0 Å². The Labute approximate surface area is 144 Å². The Balaban J connectivity index is 2.15. The predicted molar refractivity (Wildman–Crippen MR) is 92.8 cm³/mol. The van der Waals surface area contributed by atoms with Crippen molar-refractivity contribution in [2.75, 3.05) is 5.32 Å². The molecule has 6 heteroatoms. The Bertz CT molecular complexity index is 641. The molecule has 0 radical (unpaired) electrons.